The van der Waals surface area contributed by atoms with Crippen molar-refractivity contribution in [2.45, 2.75) is 31.8 Å². The van der Waals surface area contributed by atoms with Gasteiger partial charge in [0.2, 0.25) is 5.91 Å². The number of fused-ring (bicyclic) bond motifs is 1. The Morgan fingerprint density at radius 3 is 2.42 bits per heavy atom. The van der Waals surface area contributed by atoms with E-state index in [1.165, 1.54) is 0 Å². The van der Waals surface area contributed by atoms with E-state index in [2.05, 4.69) is 5.32 Å². The topological polar surface area (TPSA) is 49.3 Å². The van der Waals surface area contributed by atoms with Crippen LogP contribution in [0.3, 0.4) is 0 Å². The molecule has 2 N–H and O–H groups in total. The van der Waals surface area contributed by atoms with E-state index in [0.717, 1.165) is 28.3 Å². The number of rotatable bonds is 7. The second-order valence-corrected chi connectivity index (χ2v) is 6.54. The zero-order valence-electron chi connectivity index (χ0n) is 15.1. The average Bonchev–Trinajstić information content (AvgIpc) is 2.69. The van der Waals surface area contributed by atoms with Gasteiger partial charge >= 0.3 is 0 Å². The van der Waals surface area contributed by atoms with E-state index < -0.39 is 6.10 Å². The van der Waals surface area contributed by atoms with Gasteiger partial charge < -0.3 is 10.4 Å². The second kappa shape index (κ2) is 8.63. The lowest BCUT2D eigenvalue weighted by Crippen LogP contribution is -2.30. The standard InChI is InChI=1S/C23H25NO2/c1-2-19(17-9-4-3-5-10-17)23(26)24-16-15-22(25)21-14-8-12-18-11-6-7-13-20(18)21/h3-14,19,22,25H,2,15-16H2,1H3,(H,24,26)/t19-,22-/m1/s1. The number of amides is 1. The molecule has 134 valence electrons. The van der Waals surface area contributed by atoms with Crippen molar-refractivity contribution >= 4 is 16.7 Å². The van der Waals surface area contributed by atoms with Crippen LogP contribution in [0.15, 0.2) is 72.8 Å². The maximum Gasteiger partial charge on any atom is 0.227 e. The molecule has 3 aromatic rings. The normalized spacial score (nSPS) is 13.3. The third-order valence-corrected chi connectivity index (χ3v) is 4.83. The molecule has 0 aromatic heterocycles. The van der Waals surface area contributed by atoms with E-state index in [1.54, 1.807) is 0 Å². The Bertz CT molecular complexity index is 855. The molecule has 26 heavy (non-hydrogen) atoms. The molecule has 3 rings (SSSR count). The Morgan fingerprint density at radius 2 is 1.65 bits per heavy atom. The van der Waals surface area contributed by atoms with E-state index in [1.807, 2.05) is 79.7 Å². The third-order valence-electron chi connectivity index (χ3n) is 4.83. The first-order chi connectivity index (χ1) is 12.7. The number of carbonyl (C=O) groups is 1. The van der Waals surface area contributed by atoms with Gasteiger partial charge in [0.1, 0.15) is 0 Å². The zero-order chi connectivity index (χ0) is 18.4. The van der Waals surface area contributed by atoms with Gasteiger partial charge in [-0.1, -0.05) is 79.7 Å². The summed E-state index contributed by atoms with van der Waals surface area (Å²) in [5.74, 6) is -0.130. The minimum absolute atomic E-state index is 0.0174. The Balaban J connectivity index is 1.61. The maximum atomic E-state index is 12.5. The fourth-order valence-electron chi connectivity index (χ4n) is 3.41. The van der Waals surface area contributed by atoms with Crippen LogP contribution in [0.4, 0.5) is 0 Å². The SMILES string of the molecule is CC[C@@H](C(=O)NCC[C@@H](O)c1cccc2ccccc12)c1ccccc1. The van der Waals surface area contributed by atoms with Gasteiger partial charge in [-0.3, -0.25) is 4.79 Å². The van der Waals surface area contributed by atoms with Crippen LogP contribution < -0.4 is 5.32 Å². The highest BCUT2D eigenvalue weighted by Crippen LogP contribution is 2.26. The summed E-state index contributed by atoms with van der Waals surface area (Å²) in [5.41, 5.74) is 1.94. The van der Waals surface area contributed by atoms with Crippen molar-refractivity contribution in [3.05, 3.63) is 83.9 Å². The van der Waals surface area contributed by atoms with Gasteiger partial charge in [-0.15, -0.1) is 0 Å². The summed E-state index contributed by atoms with van der Waals surface area (Å²) < 4.78 is 0. The molecule has 0 aliphatic heterocycles. The molecular formula is C23H25NO2. The summed E-state index contributed by atoms with van der Waals surface area (Å²) in [6.45, 7) is 2.47. The monoisotopic (exact) mass is 347 g/mol. The summed E-state index contributed by atoms with van der Waals surface area (Å²) in [5, 5.41) is 15.7. The zero-order valence-corrected chi connectivity index (χ0v) is 15.1. The van der Waals surface area contributed by atoms with Crippen molar-refractivity contribution in [2.75, 3.05) is 6.54 Å². The van der Waals surface area contributed by atoms with E-state index in [4.69, 9.17) is 0 Å². The molecule has 3 aromatic carbocycles. The largest absolute Gasteiger partial charge is 0.388 e. The summed E-state index contributed by atoms with van der Waals surface area (Å²) >= 11 is 0. The van der Waals surface area contributed by atoms with Gasteiger partial charge in [-0.05, 0) is 34.7 Å². The van der Waals surface area contributed by atoms with Gasteiger partial charge in [0.25, 0.3) is 0 Å². The Kier molecular flexibility index (Phi) is 6.03. The number of carbonyl (C=O) groups excluding carboxylic acids is 1. The van der Waals surface area contributed by atoms with Crippen LogP contribution in [0, 0.1) is 0 Å². The van der Waals surface area contributed by atoms with Crippen molar-refractivity contribution in [1.29, 1.82) is 0 Å². The molecule has 0 saturated heterocycles. The molecule has 0 saturated carbocycles. The predicted octanol–water partition coefficient (Wildman–Crippen LogP) is 4.57. The molecule has 0 heterocycles. The molecule has 2 atom stereocenters. The predicted molar refractivity (Wildman–Crippen MR) is 106 cm³/mol. The van der Waals surface area contributed by atoms with Gasteiger partial charge in [-0.25, -0.2) is 0 Å². The van der Waals surface area contributed by atoms with E-state index in [0.29, 0.717) is 13.0 Å². The molecule has 0 radical (unpaired) electrons. The number of benzene rings is 3. The molecule has 0 aliphatic carbocycles. The summed E-state index contributed by atoms with van der Waals surface area (Å²) in [6.07, 6.45) is 0.644. The summed E-state index contributed by atoms with van der Waals surface area (Å²) in [6, 6.07) is 23.8. The van der Waals surface area contributed by atoms with E-state index in [9.17, 15) is 9.90 Å². The number of aliphatic hydroxyl groups is 1. The fraction of sp³-hybridized carbons (Fsp3) is 0.261. The summed E-state index contributed by atoms with van der Waals surface area (Å²) in [4.78, 5) is 12.5. The quantitative estimate of drug-likeness (QED) is 0.657. The first kappa shape index (κ1) is 18.2. The van der Waals surface area contributed by atoms with Crippen molar-refractivity contribution in [3.63, 3.8) is 0 Å². The second-order valence-electron chi connectivity index (χ2n) is 6.54. The minimum Gasteiger partial charge on any atom is -0.388 e. The van der Waals surface area contributed by atoms with Crippen LogP contribution in [-0.4, -0.2) is 17.6 Å². The third kappa shape index (κ3) is 4.12. The van der Waals surface area contributed by atoms with Crippen LogP contribution in [0.25, 0.3) is 10.8 Å². The van der Waals surface area contributed by atoms with Gasteiger partial charge in [0, 0.05) is 6.54 Å². The highest BCUT2D eigenvalue weighted by atomic mass is 16.3. The molecule has 0 bridgehead atoms. The molecule has 1 amide bonds. The fourth-order valence-corrected chi connectivity index (χ4v) is 3.41. The lowest BCUT2D eigenvalue weighted by Gasteiger charge is -2.17. The summed E-state index contributed by atoms with van der Waals surface area (Å²) in [7, 11) is 0. The van der Waals surface area contributed by atoms with Crippen molar-refractivity contribution in [1.82, 2.24) is 5.32 Å². The molecule has 0 spiro atoms. The minimum atomic E-state index is -0.599. The lowest BCUT2D eigenvalue weighted by molar-refractivity contribution is -0.122. The van der Waals surface area contributed by atoms with Crippen molar-refractivity contribution in [3.8, 4) is 0 Å². The lowest BCUT2D eigenvalue weighted by atomic mass is 9.95. The van der Waals surface area contributed by atoms with E-state index in [-0.39, 0.29) is 11.8 Å². The highest BCUT2D eigenvalue weighted by Gasteiger charge is 2.18. The average molecular weight is 347 g/mol. The molecule has 3 nitrogen and oxygen atoms in total. The van der Waals surface area contributed by atoms with Crippen LogP contribution in [-0.2, 0) is 4.79 Å². The molecule has 0 unspecified atom stereocenters. The molecule has 3 heteroatoms. The number of hydrogen-bond donors (Lipinski definition) is 2. The van der Waals surface area contributed by atoms with E-state index >= 15 is 0 Å². The van der Waals surface area contributed by atoms with Crippen LogP contribution >= 0.6 is 0 Å². The Morgan fingerprint density at radius 1 is 0.962 bits per heavy atom. The smallest absolute Gasteiger partial charge is 0.227 e. The highest BCUT2D eigenvalue weighted by molar-refractivity contribution is 5.86. The number of nitrogens with one attached hydrogen (secondary N) is 1. The number of aliphatic hydroxyl groups excluding tert-OH is 1. The first-order valence-corrected chi connectivity index (χ1v) is 9.19. The van der Waals surface area contributed by atoms with Gasteiger partial charge in [0.15, 0.2) is 0 Å². The Labute approximate surface area is 154 Å². The van der Waals surface area contributed by atoms with Crippen LogP contribution in [0.5, 0.6) is 0 Å². The number of hydrogen-bond acceptors (Lipinski definition) is 2. The van der Waals surface area contributed by atoms with Crippen LogP contribution in [0.1, 0.15) is 42.9 Å². The van der Waals surface area contributed by atoms with Crippen LogP contribution in [0.2, 0.25) is 0 Å². The molecule has 0 fully saturated rings. The maximum absolute atomic E-state index is 12.5. The molecular weight excluding hydrogens is 322 g/mol. The molecule has 0 aliphatic rings. The van der Waals surface area contributed by atoms with Crippen molar-refractivity contribution in [2.24, 2.45) is 0 Å². The van der Waals surface area contributed by atoms with Gasteiger partial charge in [-0.2, -0.15) is 0 Å². The first-order valence-electron chi connectivity index (χ1n) is 9.19. The van der Waals surface area contributed by atoms with Gasteiger partial charge in [0.05, 0.1) is 12.0 Å². The van der Waals surface area contributed by atoms with Crippen molar-refractivity contribution < 1.29 is 9.90 Å². The Hall–Kier alpha value is -2.65.